The van der Waals surface area contributed by atoms with Gasteiger partial charge in [0.05, 0.1) is 19.0 Å². The molecule has 316 valence electrons. The zero-order valence-corrected chi connectivity index (χ0v) is 36.6. The molecule has 0 amide bonds. The van der Waals surface area contributed by atoms with Gasteiger partial charge in [0, 0.05) is 25.7 Å². The van der Waals surface area contributed by atoms with E-state index in [9.17, 15) is 9.59 Å². The number of unbranched alkanes of at least 4 members (excludes halogenated alkanes) is 12. The van der Waals surface area contributed by atoms with Crippen molar-refractivity contribution in [2.75, 3.05) is 33.9 Å². The van der Waals surface area contributed by atoms with Crippen molar-refractivity contribution < 1.29 is 19.1 Å². The molecule has 0 aromatic heterocycles. The molecule has 2 aliphatic rings. The van der Waals surface area contributed by atoms with Crippen LogP contribution in [0.25, 0.3) is 0 Å². The molecule has 0 saturated heterocycles. The Morgan fingerprint density at radius 1 is 0.611 bits per heavy atom. The smallest absolute Gasteiger partial charge is 0.305 e. The fourth-order valence-electron chi connectivity index (χ4n) is 9.43. The minimum atomic E-state index is 0.0235. The number of carbonyl (C=O) groups is 2. The van der Waals surface area contributed by atoms with E-state index in [0.717, 1.165) is 81.6 Å². The van der Waals surface area contributed by atoms with Crippen LogP contribution in [0.2, 0.25) is 0 Å². The minimum absolute atomic E-state index is 0.0235. The van der Waals surface area contributed by atoms with E-state index in [1.54, 1.807) is 0 Å². The summed E-state index contributed by atoms with van der Waals surface area (Å²) in [7, 11) is 4.17. The van der Waals surface area contributed by atoms with Crippen LogP contribution >= 0.6 is 0 Å². The maximum absolute atomic E-state index is 12.6. The molecule has 0 spiro atoms. The zero-order chi connectivity index (χ0) is 39.1. The molecule has 0 radical (unpaired) electrons. The van der Waals surface area contributed by atoms with Crippen LogP contribution in [0, 0.1) is 29.6 Å². The Labute approximate surface area is 336 Å². The van der Waals surface area contributed by atoms with Gasteiger partial charge in [-0.05, 0) is 95.2 Å². The highest BCUT2D eigenvalue weighted by Crippen LogP contribution is 2.48. The molecule has 0 aliphatic heterocycles. The molecule has 5 heteroatoms. The first-order valence-corrected chi connectivity index (χ1v) is 23.9. The molecule has 0 aromatic rings. The monoisotopic (exact) mass is 758 g/mol. The zero-order valence-electron chi connectivity index (χ0n) is 36.6. The number of Topliss-reactive ketones (excluding diaryl/α,β-unsaturated/α-hetero) is 1. The van der Waals surface area contributed by atoms with Gasteiger partial charge >= 0.3 is 5.97 Å². The first-order valence-electron chi connectivity index (χ1n) is 23.9. The standard InChI is InChI=1S/C49H91NO4/c1-6-8-17-27-44(28-18-9-7-2)37-39-53-42(3)26-19-12-10-13-20-29-43(35-36-47(51)32-25-38-50(4)5)30-21-14-11-15-24-34-49(52)54-41-46-40-45-31-22-16-23-33-48(45)46/h43-46,48H,3,6-41H2,1-2,4-5H3. The molecule has 0 heterocycles. The van der Waals surface area contributed by atoms with E-state index in [4.69, 9.17) is 9.47 Å². The van der Waals surface area contributed by atoms with Gasteiger partial charge in [-0.2, -0.15) is 0 Å². The number of allylic oxidation sites excluding steroid dienone is 1. The van der Waals surface area contributed by atoms with E-state index in [-0.39, 0.29) is 5.97 Å². The highest BCUT2D eigenvalue weighted by atomic mass is 16.5. The normalized spacial score (nSPS) is 19.0. The van der Waals surface area contributed by atoms with Crippen molar-refractivity contribution in [3.05, 3.63) is 12.3 Å². The Morgan fingerprint density at radius 2 is 1.19 bits per heavy atom. The highest BCUT2D eigenvalue weighted by molar-refractivity contribution is 5.78. The van der Waals surface area contributed by atoms with Gasteiger partial charge in [0.2, 0.25) is 0 Å². The number of ketones is 1. The Morgan fingerprint density at radius 3 is 1.83 bits per heavy atom. The van der Waals surface area contributed by atoms with Crippen LogP contribution in [-0.2, 0) is 19.1 Å². The Bertz CT molecular complexity index is 923. The fraction of sp³-hybridized carbons (Fsp3) is 0.918. The van der Waals surface area contributed by atoms with Crippen LogP contribution in [0.4, 0.5) is 0 Å². The Kier molecular flexibility index (Phi) is 29.5. The molecule has 5 nitrogen and oxygen atoms in total. The quantitative estimate of drug-likeness (QED) is 0.0359. The molecular formula is C49H91NO4. The molecule has 2 fully saturated rings. The summed E-state index contributed by atoms with van der Waals surface area (Å²) in [5, 5.41) is 0. The maximum atomic E-state index is 12.6. The van der Waals surface area contributed by atoms with Crippen molar-refractivity contribution in [2.24, 2.45) is 29.6 Å². The lowest BCUT2D eigenvalue weighted by Crippen LogP contribution is -2.39. The number of hydrogen-bond acceptors (Lipinski definition) is 5. The van der Waals surface area contributed by atoms with E-state index >= 15 is 0 Å². The number of carbonyl (C=O) groups excluding carboxylic acids is 2. The minimum Gasteiger partial charge on any atom is -0.499 e. The SMILES string of the molecule is C=C(CCCCCCCC(CCCCCCCC(=O)OCC1CC2CCCCCC21)CCC(=O)CCCN(C)C)OCCC(CCCCC)CCCCC. The average molecular weight is 758 g/mol. The van der Waals surface area contributed by atoms with E-state index < -0.39 is 0 Å². The number of nitrogens with zero attached hydrogens (tertiary/aromatic N) is 1. The van der Waals surface area contributed by atoms with Crippen LogP contribution in [-0.4, -0.2) is 50.5 Å². The van der Waals surface area contributed by atoms with Crippen molar-refractivity contribution in [1.82, 2.24) is 4.90 Å². The van der Waals surface area contributed by atoms with E-state index in [0.29, 0.717) is 30.6 Å². The first kappa shape index (κ1) is 48.8. The fourth-order valence-corrected chi connectivity index (χ4v) is 9.43. The summed E-state index contributed by atoms with van der Waals surface area (Å²) in [5.74, 6) is 5.33. The molecule has 2 rings (SSSR count). The van der Waals surface area contributed by atoms with Gasteiger partial charge in [0.1, 0.15) is 5.78 Å². The summed E-state index contributed by atoms with van der Waals surface area (Å²) in [5.41, 5.74) is 0. The lowest BCUT2D eigenvalue weighted by atomic mass is 9.63. The molecule has 4 atom stereocenters. The summed E-state index contributed by atoms with van der Waals surface area (Å²) in [6.07, 6.45) is 39.8. The van der Waals surface area contributed by atoms with Gasteiger partial charge in [-0.15, -0.1) is 0 Å². The van der Waals surface area contributed by atoms with Crippen LogP contribution < -0.4 is 0 Å². The lowest BCUT2D eigenvalue weighted by molar-refractivity contribution is -0.148. The van der Waals surface area contributed by atoms with Crippen molar-refractivity contribution in [2.45, 2.75) is 226 Å². The topological polar surface area (TPSA) is 55.8 Å². The van der Waals surface area contributed by atoms with Crippen LogP contribution in [0.15, 0.2) is 12.3 Å². The van der Waals surface area contributed by atoms with Gasteiger partial charge in [-0.25, -0.2) is 0 Å². The van der Waals surface area contributed by atoms with Gasteiger partial charge < -0.3 is 14.4 Å². The van der Waals surface area contributed by atoms with Gasteiger partial charge in [-0.3, -0.25) is 9.59 Å². The number of rotatable bonds is 37. The summed E-state index contributed by atoms with van der Waals surface area (Å²) < 4.78 is 11.8. The summed E-state index contributed by atoms with van der Waals surface area (Å²) in [6, 6.07) is 0. The Hall–Kier alpha value is -1.36. The number of fused-ring (bicyclic) bond motifs is 1. The first-order chi connectivity index (χ1) is 26.3. The summed E-state index contributed by atoms with van der Waals surface area (Å²) >= 11 is 0. The summed E-state index contributed by atoms with van der Waals surface area (Å²) in [6.45, 7) is 11.3. The second-order valence-electron chi connectivity index (χ2n) is 18.2. The van der Waals surface area contributed by atoms with Crippen molar-refractivity contribution >= 4 is 11.8 Å². The van der Waals surface area contributed by atoms with E-state index in [1.165, 1.54) is 161 Å². The van der Waals surface area contributed by atoms with E-state index in [2.05, 4.69) is 39.4 Å². The molecule has 0 bridgehead atoms. The average Bonchev–Trinajstić information content (AvgIpc) is 3.33. The molecule has 0 aromatic carbocycles. The number of esters is 1. The molecule has 4 unspecified atom stereocenters. The third-order valence-corrected chi connectivity index (χ3v) is 13.1. The van der Waals surface area contributed by atoms with Crippen molar-refractivity contribution in [3.8, 4) is 0 Å². The second kappa shape index (κ2) is 32.7. The maximum Gasteiger partial charge on any atom is 0.305 e. The third kappa shape index (κ3) is 25.0. The van der Waals surface area contributed by atoms with Gasteiger partial charge in [0.15, 0.2) is 0 Å². The van der Waals surface area contributed by atoms with Gasteiger partial charge in [0.25, 0.3) is 0 Å². The second-order valence-corrected chi connectivity index (χ2v) is 18.2. The van der Waals surface area contributed by atoms with Crippen LogP contribution in [0.5, 0.6) is 0 Å². The van der Waals surface area contributed by atoms with Crippen molar-refractivity contribution in [3.63, 3.8) is 0 Å². The molecular weight excluding hydrogens is 667 g/mol. The van der Waals surface area contributed by atoms with Gasteiger partial charge in [-0.1, -0.05) is 162 Å². The van der Waals surface area contributed by atoms with Crippen LogP contribution in [0.3, 0.4) is 0 Å². The predicted octanol–water partition coefficient (Wildman–Crippen LogP) is 14.2. The Balaban J connectivity index is 1.56. The molecule has 0 N–H and O–H groups in total. The van der Waals surface area contributed by atoms with Crippen molar-refractivity contribution in [1.29, 1.82) is 0 Å². The molecule has 2 aliphatic carbocycles. The molecule has 2 saturated carbocycles. The highest BCUT2D eigenvalue weighted by Gasteiger charge is 2.41. The number of ether oxygens (including phenoxy) is 2. The van der Waals surface area contributed by atoms with E-state index in [1.807, 2.05) is 0 Å². The lowest BCUT2D eigenvalue weighted by Gasteiger charge is -2.43. The summed E-state index contributed by atoms with van der Waals surface area (Å²) in [4.78, 5) is 27.2. The molecule has 54 heavy (non-hydrogen) atoms. The third-order valence-electron chi connectivity index (χ3n) is 13.1. The predicted molar refractivity (Wildman–Crippen MR) is 231 cm³/mol. The van der Waals surface area contributed by atoms with Crippen LogP contribution in [0.1, 0.15) is 226 Å². The largest absolute Gasteiger partial charge is 0.499 e. The number of hydrogen-bond donors (Lipinski definition) is 0.